The van der Waals surface area contributed by atoms with Crippen molar-refractivity contribution < 1.29 is 19.1 Å². The predicted octanol–water partition coefficient (Wildman–Crippen LogP) is 2.04. The van der Waals surface area contributed by atoms with E-state index in [-0.39, 0.29) is 31.4 Å². The van der Waals surface area contributed by atoms with E-state index in [1.54, 1.807) is 20.8 Å². The fraction of sp³-hybridized carbons (Fsp3) is 0.800. The first-order valence-corrected chi connectivity index (χ1v) is 10.1. The smallest absolute Gasteiger partial charge is 0.410 e. The Labute approximate surface area is 167 Å². The quantitative estimate of drug-likeness (QED) is 0.771. The summed E-state index contributed by atoms with van der Waals surface area (Å²) >= 11 is 0. The molecular weight excluding hydrogens is 360 g/mol. The molecule has 0 unspecified atom stereocenters. The lowest BCUT2D eigenvalue weighted by molar-refractivity contribution is -0.135. The molecule has 1 aliphatic heterocycles. The van der Waals surface area contributed by atoms with Crippen LogP contribution in [0.25, 0.3) is 0 Å². The van der Waals surface area contributed by atoms with E-state index in [0.29, 0.717) is 18.9 Å². The zero-order chi connectivity index (χ0) is 20.7. The van der Waals surface area contributed by atoms with Crippen LogP contribution in [0.4, 0.5) is 4.79 Å². The normalized spacial score (nSPS) is 20.6. The fourth-order valence-corrected chi connectivity index (χ4v) is 3.68. The second kappa shape index (κ2) is 9.76. The van der Waals surface area contributed by atoms with Gasteiger partial charge in [-0.05, 0) is 33.1 Å². The lowest BCUT2D eigenvalue weighted by Crippen LogP contribution is -2.58. The number of carbonyl (C=O) groups is 3. The van der Waals surface area contributed by atoms with E-state index in [1.165, 1.54) is 35.5 Å². The number of carbonyl (C=O) groups excluding carboxylic acids is 3. The standard InChI is InChI=1S/C20H32N4O4/c1-20(2,3)28-19(27)23-10-11-24(16(12-21)14-23)18(26)13-22-17(25)9-8-15-6-4-5-7-15/h15-16H,4-11,13-14H2,1-3H3,(H,22,25)/t16-/m1/s1. The second-order valence-corrected chi connectivity index (χ2v) is 8.62. The third-order valence-corrected chi connectivity index (χ3v) is 5.19. The number of amides is 3. The average molecular weight is 393 g/mol. The second-order valence-electron chi connectivity index (χ2n) is 8.62. The lowest BCUT2D eigenvalue weighted by Gasteiger charge is -2.38. The Morgan fingerprint density at radius 2 is 1.86 bits per heavy atom. The maximum atomic E-state index is 12.5. The van der Waals surface area contributed by atoms with Gasteiger partial charge in [-0.25, -0.2) is 4.79 Å². The Bertz CT molecular complexity index is 617. The van der Waals surface area contributed by atoms with Crippen LogP contribution in [0.15, 0.2) is 0 Å². The topological polar surface area (TPSA) is 103 Å². The van der Waals surface area contributed by atoms with Crippen molar-refractivity contribution in [1.82, 2.24) is 15.1 Å². The van der Waals surface area contributed by atoms with Crippen LogP contribution in [0.5, 0.6) is 0 Å². The van der Waals surface area contributed by atoms with Crippen LogP contribution < -0.4 is 5.32 Å². The Morgan fingerprint density at radius 3 is 2.46 bits per heavy atom. The number of hydrogen-bond acceptors (Lipinski definition) is 5. The first-order valence-electron chi connectivity index (χ1n) is 10.1. The Kier molecular flexibility index (Phi) is 7.67. The number of nitriles is 1. The van der Waals surface area contributed by atoms with Gasteiger partial charge in [0.15, 0.2) is 0 Å². The van der Waals surface area contributed by atoms with Gasteiger partial charge in [0.1, 0.15) is 11.6 Å². The number of rotatable bonds is 5. The van der Waals surface area contributed by atoms with Gasteiger partial charge in [-0.1, -0.05) is 25.7 Å². The first kappa shape index (κ1) is 22.0. The van der Waals surface area contributed by atoms with Crippen molar-refractivity contribution in [2.24, 2.45) is 5.92 Å². The Morgan fingerprint density at radius 1 is 1.18 bits per heavy atom. The van der Waals surface area contributed by atoms with E-state index in [1.807, 2.05) is 0 Å². The van der Waals surface area contributed by atoms with Crippen LogP contribution in [0.1, 0.15) is 59.3 Å². The maximum absolute atomic E-state index is 12.5. The van der Waals surface area contributed by atoms with E-state index < -0.39 is 17.7 Å². The summed E-state index contributed by atoms with van der Waals surface area (Å²) in [4.78, 5) is 39.5. The molecule has 0 aromatic carbocycles. The molecule has 1 aliphatic carbocycles. The molecule has 8 nitrogen and oxygen atoms in total. The van der Waals surface area contributed by atoms with Crippen LogP contribution in [0, 0.1) is 17.2 Å². The molecule has 0 bridgehead atoms. The van der Waals surface area contributed by atoms with Gasteiger partial charge in [0, 0.05) is 19.5 Å². The van der Waals surface area contributed by atoms with Crippen molar-refractivity contribution in [3.63, 3.8) is 0 Å². The van der Waals surface area contributed by atoms with Gasteiger partial charge in [-0.2, -0.15) is 5.26 Å². The van der Waals surface area contributed by atoms with E-state index in [9.17, 15) is 19.6 Å². The van der Waals surface area contributed by atoms with E-state index in [4.69, 9.17) is 4.74 Å². The number of nitrogens with one attached hydrogen (secondary N) is 1. The zero-order valence-electron chi connectivity index (χ0n) is 17.2. The number of nitrogens with zero attached hydrogens (tertiary/aromatic N) is 3. The van der Waals surface area contributed by atoms with Gasteiger partial charge in [-0.15, -0.1) is 0 Å². The molecule has 0 spiro atoms. The monoisotopic (exact) mass is 392 g/mol. The van der Waals surface area contributed by atoms with Crippen LogP contribution >= 0.6 is 0 Å². The molecule has 156 valence electrons. The summed E-state index contributed by atoms with van der Waals surface area (Å²) < 4.78 is 5.33. The summed E-state index contributed by atoms with van der Waals surface area (Å²) in [6, 6.07) is 1.33. The summed E-state index contributed by atoms with van der Waals surface area (Å²) in [5.41, 5.74) is -0.616. The Balaban J connectivity index is 1.77. The molecule has 0 aromatic rings. The maximum Gasteiger partial charge on any atom is 0.410 e. The highest BCUT2D eigenvalue weighted by Gasteiger charge is 2.34. The summed E-state index contributed by atoms with van der Waals surface area (Å²) in [6.07, 6.45) is 5.70. The highest BCUT2D eigenvalue weighted by molar-refractivity contribution is 5.85. The summed E-state index contributed by atoms with van der Waals surface area (Å²) in [5, 5.41) is 12.1. The molecule has 1 saturated heterocycles. The zero-order valence-corrected chi connectivity index (χ0v) is 17.2. The molecule has 28 heavy (non-hydrogen) atoms. The minimum Gasteiger partial charge on any atom is -0.444 e. The highest BCUT2D eigenvalue weighted by Crippen LogP contribution is 2.28. The molecule has 0 aromatic heterocycles. The average Bonchev–Trinajstić information content (AvgIpc) is 3.16. The third-order valence-electron chi connectivity index (χ3n) is 5.19. The molecule has 1 saturated carbocycles. The van der Waals surface area contributed by atoms with E-state index >= 15 is 0 Å². The Hall–Kier alpha value is -2.30. The van der Waals surface area contributed by atoms with E-state index in [0.717, 1.165) is 6.42 Å². The van der Waals surface area contributed by atoms with Gasteiger partial charge in [0.2, 0.25) is 11.8 Å². The van der Waals surface area contributed by atoms with Gasteiger partial charge in [0.05, 0.1) is 19.2 Å². The van der Waals surface area contributed by atoms with E-state index in [2.05, 4.69) is 11.4 Å². The van der Waals surface area contributed by atoms with Crippen molar-refractivity contribution in [3.8, 4) is 6.07 Å². The van der Waals surface area contributed by atoms with Crippen molar-refractivity contribution in [2.45, 2.75) is 70.9 Å². The number of piperazine rings is 1. The van der Waals surface area contributed by atoms with Gasteiger partial charge in [0.25, 0.3) is 0 Å². The first-order chi connectivity index (χ1) is 13.2. The molecule has 1 atom stereocenters. The van der Waals surface area contributed by atoms with Crippen molar-refractivity contribution in [3.05, 3.63) is 0 Å². The molecule has 2 fully saturated rings. The summed E-state index contributed by atoms with van der Waals surface area (Å²) in [6.45, 7) is 5.87. The third kappa shape index (κ3) is 6.70. The van der Waals surface area contributed by atoms with Crippen molar-refractivity contribution in [1.29, 1.82) is 5.26 Å². The van der Waals surface area contributed by atoms with Crippen LogP contribution in [-0.2, 0) is 14.3 Å². The number of hydrogen-bond donors (Lipinski definition) is 1. The van der Waals surface area contributed by atoms with Crippen molar-refractivity contribution >= 4 is 17.9 Å². The molecule has 3 amide bonds. The highest BCUT2D eigenvalue weighted by atomic mass is 16.6. The van der Waals surface area contributed by atoms with Crippen LogP contribution in [0.2, 0.25) is 0 Å². The minimum absolute atomic E-state index is 0.104. The molecule has 8 heteroatoms. The molecule has 0 radical (unpaired) electrons. The molecule has 1 heterocycles. The minimum atomic E-state index is -0.746. The van der Waals surface area contributed by atoms with Gasteiger partial charge < -0.3 is 19.9 Å². The SMILES string of the molecule is CC(C)(C)OC(=O)N1CCN(C(=O)CNC(=O)CCC2CCCC2)[C@H](C#N)C1. The lowest BCUT2D eigenvalue weighted by atomic mass is 10.0. The fourth-order valence-electron chi connectivity index (χ4n) is 3.68. The van der Waals surface area contributed by atoms with Crippen molar-refractivity contribution in [2.75, 3.05) is 26.2 Å². The van der Waals surface area contributed by atoms with Gasteiger partial charge >= 0.3 is 6.09 Å². The molecular formula is C20H32N4O4. The van der Waals surface area contributed by atoms with Crippen LogP contribution in [0.3, 0.4) is 0 Å². The number of ether oxygens (including phenoxy) is 1. The van der Waals surface area contributed by atoms with Gasteiger partial charge in [-0.3, -0.25) is 9.59 Å². The largest absolute Gasteiger partial charge is 0.444 e. The predicted molar refractivity (Wildman–Crippen MR) is 103 cm³/mol. The summed E-state index contributed by atoms with van der Waals surface area (Å²) in [7, 11) is 0. The molecule has 2 rings (SSSR count). The van der Waals surface area contributed by atoms with Crippen LogP contribution in [-0.4, -0.2) is 65.5 Å². The molecule has 1 N–H and O–H groups in total. The molecule has 2 aliphatic rings. The summed E-state index contributed by atoms with van der Waals surface area (Å²) in [5.74, 6) is 0.205.